The number of nitrogens with one attached hydrogen (secondary N) is 2. The van der Waals surface area contributed by atoms with Crippen LogP contribution in [0.15, 0.2) is 0 Å². The van der Waals surface area contributed by atoms with Gasteiger partial charge < -0.3 is 34.3 Å². The van der Waals surface area contributed by atoms with Crippen LogP contribution in [-0.2, 0) is 28.5 Å². The van der Waals surface area contributed by atoms with Crippen molar-refractivity contribution in [2.24, 2.45) is 0 Å². The van der Waals surface area contributed by atoms with Gasteiger partial charge in [-0.2, -0.15) is 0 Å². The molecule has 0 saturated carbocycles. The summed E-state index contributed by atoms with van der Waals surface area (Å²) in [6.45, 7) is 9.44. The van der Waals surface area contributed by atoms with Crippen LogP contribution in [0.3, 0.4) is 0 Å². The Bertz CT molecular complexity index is 373. The lowest BCUT2D eigenvalue weighted by Gasteiger charge is -2.19. The summed E-state index contributed by atoms with van der Waals surface area (Å²) in [6, 6.07) is -0.226. The highest BCUT2D eigenvalue weighted by Gasteiger charge is 2.15. The van der Waals surface area contributed by atoms with E-state index in [1.165, 1.54) is 0 Å². The van der Waals surface area contributed by atoms with Gasteiger partial charge in [-0.15, -0.1) is 0 Å². The maximum atomic E-state index is 11.4. The first kappa shape index (κ1) is 24.6. The lowest BCUT2D eigenvalue weighted by molar-refractivity contribution is -0.156. The van der Waals surface area contributed by atoms with E-state index in [0.29, 0.717) is 59.4 Å². The van der Waals surface area contributed by atoms with Gasteiger partial charge in [0.15, 0.2) is 0 Å². The molecule has 154 valence electrons. The van der Waals surface area contributed by atoms with Crippen molar-refractivity contribution < 1.29 is 33.3 Å². The Hall–Kier alpha value is -1.42. The Morgan fingerprint density at radius 1 is 0.769 bits per heavy atom. The molecule has 0 aromatic heterocycles. The molecule has 0 aromatic carbocycles. The van der Waals surface area contributed by atoms with Crippen molar-refractivity contribution in [1.82, 2.24) is 10.6 Å². The molecule has 0 aliphatic carbocycles. The maximum Gasteiger partial charge on any atom is 0.314 e. The van der Waals surface area contributed by atoms with Gasteiger partial charge in [0.05, 0.1) is 59.3 Å². The molecule has 0 rings (SSSR count). The number of esters is 1. The van der Waals surface area contributed by atoms with E-state index in [0.717, 1.165) is 0 Å². The van der Waals surface area contributed by atoms with Crippen LogP contribution in [0.4, 0.5) is 4.79 Å². The van der Waals surface area contributed by atoms with E-state index >= 15 is 0 Å². The van der Waals surface area contributed by atoms with E-state index in [4.69, 9.17) is 23.7 Å². The lowest BCUT2D eigenvalue weighted by Crippen LogP contribution is -2.35. The fourth-order valence-corrected chi connectivity index (χ4v) is 1.63. The lowest BCUT2D eigenvalue weighted by atomic mass is 10.2. The van der Waals surface area contributed by atoms with Gasteiger partial charge >= 0.3 is 12.0 Å². The molecule has 0 spiro atoms. The molecule has 0 aromatic rings. The molecular weight excluding hydrogens is 344 g/mol. The molecule has 9 heteroatoms. The monoisotopic (exact) mass is 378 g/mol. The highest BCUT2D eigenvalue weighted by atomic mass is 16.6. The molecule has 0 radical (unpaired) electrons. The zero-order valence-corrected chi connectivity index (χ0v) is 16.4. The van der Waals surface area contributed by atoms with E-state index in [2.05, 4.69) is 10.6 Å². The first-order chi connectivity index (χ1) is 12.3. The van der Waals surface area contributed by atoms with Crippen LogP contribution in [-0.4, -0.2) is 84.0 Å². The van der Waals surface area contributed by atoms with Crippen molar-refractivity contribution in [3.8, 4) is 0 Å². The summed E-state index contributed by atoms with van der Waals surface area (Å²) in [6.07, 6.45) is 0.235. The van der Waals surface area contributed by atoms with Crippen molar-refractivity contribution in [2.45, 2.75) is 32.8 Å². The average Bonchev–Trinajstić information content (AvgIpc) is 2.56. The molecule has 9 nitrogen and oxygen atoms in total. The second-order valence-electron chi connectivity index (χ2n) is 6.29. The van der Waals surface area contributed by atoms with Gasteiger partial charge in [0, 0.05) is 13.6 Å². The molecule has 0 bridgehead atoms. The molecule has 0 heterocycles. The van der Waals surface area contributed by atoms with E-state index < -0.39 is 5.60 Å². The van der Waals surface area contributed by atoms with Crippen LogP contribution in [0, 0.1) is 0 Å². The Labute approximate surface area is 156 Å². The van der Waals surface area contributed by atoms with Crippen molar-refractivity contribution >= 4 is 12.0 Å². The number of ether oxygens (including phenoxy) is 5. The highest BCUT2D eigenvalue weighted by molar-refractivity contribution is 5.73. The summed E-state index contributed by atoms with van der Waals surface area (Å²) in [7, 11) is 1.56. The van der Waals surface area contributed by atoms with Crippen molar-refractivity contribution in [2.75, 3.05) is 66.4 Å². The van der Waals surface area contributed by atoms with E-state index in [1.54, 1.807) is 7.05 Å². The third-order valence-corrected chi connectivity index (χ3v) is 2.75. The summed E-state index contributed by atoms with van der Waals surface area (Å²) in [5.74, 6) is -0.265. The number of rotatable bonds is 15. The summed E-state index contributed by atoms with van der Waals surface area (Å²) in [4.78, 5) is 22.3. The van der Waals surface area contributed by atoms with Gasteiger partial charge in [-0.1, -0.05) is 0 Å². The number of carbonyl (C=O) groups excluding carboxylic acids is 2. The van der Waals surface area contributed by atoms with E-state index in [-0.39, 0.29) is 18.4 Å². The van der Waals surface area contributed by atoms with Crippen LogP contribution in [0.1, 0.15) is 27.2 Å². The van der Waals surface area contributed by atoms with Gasteiger partial charge in [-0.25, -0.2) is 4.79 Å². The third kappa shape index (κ3) is 18.9. The minimum Gasteiger partial charge on any atom is -0.460 e. The molecule has 0 aliphatic heterocycles. The topological polar surface area (TPSA) is 104 Å². The van der Waals surface area contributed by atoms with Crippen molar-refractivity contribution in [3.63, 3.8) is 0 Å². The van der Waals surface area contributed by atoms with Gasteiger partial charge in [0.25, 0.3) is 0 Å². The molecule has 0 atom stereocenters. The van der Waals surface area contributed by atoms with Crippen LogP contribution in [0.5, 0.6) is 0 Å². The number of carbonyl (C=O) groups is 2. The summed E-state index contributed by atoms with van der Waals surface area (Å²) in [5, 5.41) is 5.07. The molecule has 2 amide bonds. The molecule has 0 unspecified atom stereocenters. The van der Waals surface area contributed by atoms with Gasteiger partial charge in [-0.05, 0) is 20.8 Å². The molecular formula is C17H34N2O7. The fraction of sp³-hybridized carbons (Fsp3) is 0.882. The van der Waals surface area contributed by atoms with E-state index in [9.17, 15) is 9.59 Å². The smallest absolute Gasteiger partial charge is 0.314 e. The predicted molar refractivity (Wildman–Crippen MR) is 96.2 cm³/mol. The fourth-order valence-electron chi connectivity index (χ4n) is 1.63. The Morgan fingerprint density at radius 2 is 1.23 bits per heavy atom. The van der Waals surface area contributed by atoms with E-state index in [1.807, 2.05) is 20.8 Å². The largest absolute Gasteiger partial charge is 0.460 e. The molecule has 26 heavy (non-hydrogen) atoms. The number of hydrogen-bond donors (Lipinski definition) is 2. The molecule has 2 N–H and O–H groups in total. The molecule has 0 saturated heterocycles. The first-order valence-electron chi connectivity index (χ1n) is 8.83. The average molecular weight is 378 g/mol. The third-order valence-electron chi connectivity index (χ3n) is 2.75. The van der Waals surface area contributed by atoms with Gasteiger partial charge in [-0.3, -0.25) is 4.79 Å². The summed E-state index contributed by atoms with van der Waals surface area (Å²) in [5.41, 5.74) is -0.465. The van der Waals surface area contributed by atoms with Crippen LogP contribution in [0.2, 0.25) is 0 Å². The normalized spacial score (nSPS) is 11.2. The minimum atomic E-state index is -0.465. The summed E-state index contributed by atoms with van der Waals surface area (Å²) >= 11 is 0. The van der Waals surface area contributed by atoms with Crippen molar-refractivity contribution in [3.05, 3.63) is 0 Å². The van der Waals surface area contributed by atoms with Gasteiger partial charge in [0.1, 0.15) is 5.60 Å². The Morgan fingerprint density at radius 3 is 1.69 bits per heavy atom. The zero-order valence-electron chi connectivity index (χ0n) is 16.4. The molecule has 0 fully saturated rings. The van der Waals surface area contributed by atoms with Crippen LogP contribution < -0.4 is 10.6 Å². The quantitative estimate of drug-likeness (QED) is 0.319. The second kappa shape index (κ2) is 15.8. The molecule has 0 aliphatic rings. The van der Waals surface area contributed by atoms with Crippen molar-refractivity contribution in [1.29, 1.82) is 0 Å². The van der Waals surface area contributed by atoms with Gasteiger partial charge in [0.2, 0.25) is 0 Å². The number of urea groups is 1. The Kier molecular flexibility index (Phi) is 14.9. The first-order valence-corrected chi connectivity index (χ1v) is 8.83. The predicted octanol–water partition coefficient (Wildman–Crippen LogP) is 0.714. The Balaban J connectivity index is 3.18. The minimum absolute atomic E-state index is 0.226. The highest BCUT2D eigenvalue weighted by Crippen LogP contribution is 2.07. The second-order valence-corrected chi connectivity index (χ2v) is 6.29. The zero-order chi connectivity index (χ0) is 19.7. The SMILES string of the molecule is CNC(=O)NCCOCCOCCOCCOCCC(=O)OC(C)(C)C. The summed E-state index contributed by atoms with van der Waals surface area (Å²) < 4.78 is 26.4. The standard InChI is InChI=1S/C17H34N2O7/c1-17(2,3)26-15(20)5-7-22-9-11-24-13-14-25-12-10-23-8-6-19-16(21)18-4/h5-14H2,1-4H3,(H2,18,19,21). The van der Waals surface area contributed by atoms with Crippen LogP contribution in [0.25, 0.3) is 0 Å². The maximum absolute atomic E-state index is 11.4. The van der Waals surface area contributed by atoms with Crippen LogP contribution >= 0.6 is 0 Å². The number of amides is 2. The number of hydrogen-bond acceptors (Lipinski definition) is 7.